The molecule has 0 aliphatic carbocycles. The van der Waals surface area contributed by atoms with Crippen molar-refractivity contribution in [2.24, 2.45) is 11.7 Å². The van der Waals surface area contributed by atoms with E-state index in [2.05, 4.69) is 10.6 Å². The molecule has 0 aromatic rings. The number of nitrogens with two attached hydrogens (primary N) is 1. The SMILES string of the molecule is CC(C)NC(=O)C(NC(N)=O)C(C)C. The summed E-state index contributed by atoms with van der Waals surface area (Å²) < 4.78 is 0. The molecule has 3 amide bonds. The summed E-state index contributed by atoms with van der Waals surface area (Å²) in [5, 5.41) is 5.13. The fourth-order valence-electron chi connectivity index (χ4n) is 1.06. The Morgan fingerprint density at radius 1 is 1.07 bits per heavy atom. The Balaban J connectivity index is 4.33. The molecular formula is C9H19N3O2. The molecule has 0 aliphatic rings. The van der Waals surface area contributed by atoms with E-state index in [1.54, 1.807) is 0 Å². The topological polar surface area (TPSA) is 84.2 Å². The van der Waals surface area contributed by atoms with Gasteiger partial charge in [0.25, 0.3) is 0 Å². The van der Waals surface area contributed by atoms with Crippen LogP contribution in [0.25, 0.3) is 0 Å². The average molecular weight is 201 g/mol. The third-order valence-electron chi connectivity index (χ3n) is 1.68. The van der Waals surface area contributed by atoms with Crippen LogP contribution in [0.1, 0.15) is 27.7 Å². The van der Waals surface area contributed by atoms with Crippen LogP contribution in [0, 0.1) is 5.92 Å². The van der Waals surface area contributed by atoms with Gasteiger partial charge in [-0.3, -0.25) is 4.79 Å². The van der Waals surface area contributed by atoms with Crippen molar-refractivity contribution in [1.82, 2.24) is 10.6 Å². The highest BCUT2D eigenvalue weighted by Gasteiger charge is 2.23. The van der Waals surface area contributed by atoms with Gasteiger partial charge in [-0.15, -0.1) is 0 Å². The van der Waals surface area contributed by atoms with Crippen molar-refractivity contribution in [3.8, 4) is 0 Å². The van der Waals surface area contributed by atoms with Gasteiger partial charge in [-0.2, -0.15) is 0 Å². The zero-order valence-electron chi connectivity index (χ0n) is 9.13. The highest BCUT2D eigenvalue weighted by atomic mass is 16.2. The van der Waals surface area contributed by atoms with Crippen molar-refractivity contribution >= 4 is 11.9 Å². The number of rotatable bonds is 4. The van der Waals surface area contributed by atoms with Crippen LogP contribution in [0.2, 0.25) is 0 Å². The lowest BCUT2D eigenvalue weighted by molar-refractivity contribution is -0.124. The van der Waals surface area contributed by atoms with Crippen LogP contribution in [-0.2, 0) is 4.79 Å². The maximum absolute atomic E-state index is 11.5. The number of nitrogens with one attached hydrogen (secondary N) is 2. The van der Waals surface area contributed by atoms with Gasteiger partial charge in [0, 0.05) is 6.04 Å². The molecule has 4 N–H and O–H groups in total. The zero-order valence-corrected chi connectivity index (χ0v) is 9.13. The molecule has 1 unspecified atom stereocenters. The molecule has 0 saturated carbocycles. The molecule has 5 nitrogen and oxygen atoms in total. The van der Waals surface area contributed by atoms with Gasteiger partial charge in [0.2, 0.25) is 5.91 Å². The van der Waals surface area contributed by atoms with Crippen molar-refractivity contribution in [3.63, 3.8) is 0 Å². The first-order valence-electron chi connectivity index (χ1n) is 4.71. The van der Waals surface area contributed by atoms with Crippen molar-refractivity contribution in [2.75, 3.05) is 0 Å². The molecule has 0 saturated heterocycles. The van der Waals surface area contributed by atoms with Gasteiger partial charge in [0.15, 0.2) is 0 Å². The smallest absolute Gasteiger partial charge is 0.312 e. The molecular weight excluding hydrogens is 182 g/mol. The molecule has 5 heteroatoms. The third-order valence-corrected chi connectivity index (χ3v) is 1.68. The molecule has 0 fully saturated rings. The number of amides is 3. The van der Waals surface area contributed by atoms with Gasteiger partial charge in [-0.1, -0.05) is 13.8 Å². The number of hydrogen-bond donors (Lipinski definition) is 3. The summed E-state index contributed by atoms with van der Waals surface area (Å²) in [4.78, 5) is 22.2. The summed E-state index contributed by atoms with van der Waals surface area (Å²) in [6, 6.07) is -1.18. The Hall–Kier alpha value is -1.26. The van der Waals surface area contributed by atoms with Crippen molar-refractivity contribution in [1.29, 1.82) is 0 Å². The van der Waals surface area contributed by atoms with E-state index in [4.69, 9.17) is 5.73 Å². The molecule has 0 aromatic heterocycles. The van der Waals surface area contributed by atoms with Crippen molar-refractivity contribution in [3.05, 3.63) is 0 Å². The predicted octanol–water partition coefficient (Wildman–Crippen LogP) is 0.204. The van der Waals surface area contributed by atoms with Gasteiger partial charge in [-0.05, 0) is 19.8 Å². The van der Waals surface area contributed by atoms with Crippen LogP contribution in [0.15, 0.2) is 0 Å². The molecule has 82 valence electrons. The van der Waals surface area contributed by atoms with Gasteiger partial charge in [0.05, 0.1) is 0 Å². The van der Waals surface area contributed by atoms with E-state index >= 15 is 0 Å². The van der Waals surface area contributed by atoms with Crippen LogP contribution in [0.5, 0.6) is 0 Å². The summed E-state index contributed by atoms with van der Waals surface area (Å²) in [6.07, 6.45) is 0. The van der Waals surface area contributed by atoms with Crippen LogP contribution in [0.3, 0.4) is 0 Å². The molecule has 0 rings (SSSR count). The zero-order chi connectivity index (χ0) is 11.3. The Bertz CT molecular complexity index is 214. The number of carbonyl (C=O) groups is 2. The first-order chi connectivity index (χ1) is 6.34. The predicted molar refractivity (Wildman–Crippen MR) is 54.6 cm³/mol. The molecule has 1 atom stereocenters. The first-order valence-corrected chi connectivity index (χ1v) is 4.71. The third kappa shape index (κ3) is 4.69. The van der Waals surface area contributed by atoms with Gasteiger partial charge < -0.3 is 16.4 Å². The fraction of sp³-hybridized carbons (Fsp3) is 0.778. The second-order valence-electron chi connectivity index (χ2n) is 3.89. The molecule has 0 bridgehead atoms. The highest BCUT2D eigenvalue weighted by Crippen LogP contribution is 2.01. The molecule has 14 heavy (non-hydrogen) atoms. The minimum Gasteiger partial charge on any atom is -0.352 e. The Labute approximate surface area is 84.4 Å². The summed E-state index contributed by atoms with van der Waals surface area (Å²) in [6.45, 7) is 7.42. The lowest BCUT2D eigenvalue weighted by atomic mass is 10.0. The summed E-state index contributed by atoms with van der Waals surface area (Å²) in [5.41, 5.74) is 4.97. The lowest BCUT2D eigenvalue weighted by Gasteiger charge is -2.21. The second kappa shape index (κ2) is 5.47. The number of hydrogen-bond acceptors (Lipinski definition) is 2. The van der Waals surface area contributed by atoms with E-state index in [0.717, 1.165) is 0 Å². The molecule has 0 heterocycles. The highest BCUT2D eigenvalue weighted by molar-refractivity contribution is 5.86. The van der Waals surface area contributed by atoms with Gasteiger partial charge in [-0.25, -0.2) is 4.79 Å². The van der Waals surface area contributed by atoms with E-state index in [1.165, 1.54) is 0 Å². The van der Waals surface area contributed by atoms with Crippen LogP contribution in [-0.4, -0.2) is 24.0 Å². The lowest BCUT2D eigenvalue weighted by Crippen LogP contribution is -2.52. The Morgan fingerprint density at radius 3 is 1.86 bits per heavy atom. The van der Waals surface area contributed by atoms with Crippen LogP contribution in [0.4, 0.5) is 4.79 Å². The van der Waals surface area contributed by atoms with Crippen molar-refractivity contribution in [2.45, 2.75) is 39.8 Å². The summed E-state index contributed by atoms with van der Waals surface area (Å²) in [5.74, 6) is -0.185. The summed E-state index contributed by atoms with van der Waals surface area (Å²) in [7, 11) is 0. The average Bonchev–Trinajstić information content (AvgIpc) is 1.97. The number of urea groups is 1. The van der Waals surface area contributed by atoms with E-state index in [0.29, 0.717) is 0 Å². The maximum atomic E-state index is 11.5. The van der Waals surface area contributed by atoms with E-state index in [9.17, 15) is 9.59 Å². The van der Waals surface area contributed by atoms with Gasteiger partial charge >= 0.3 is 6.03 Å². The van der Waals surface area contributed by atoms with E-state index < -0.39 is 12.1 Å². The largest absolute Gasteiger partial charge is 0.352 e. The first kappa shape index (κ1) is 12.7. The minimum absolute atomic E-state index is 0.0150. The van der Waals surface area contributed by atoms with Crippen LogP contribution >= 0.6 is 0 Å². The van der Waals surface area contributed by atoms with E-state index in [-0.39, 0.29) is 17.9 Å². The second-order valence-corrected chi connectivity index (χ2v) is 3.89. The van der Waals surface area contributed by atoms with Crippen molar-refractivity contribution < 1.29 is 9.59 Å². The monoisotopic (exact) mass is 201 g/mol. The quantitative estimate of drug-likeness (QED) is 0.607. The number of carbonyl (C=O) groups excluding carboxylic acids is 2. The molecule has 0 radical (unpaired) electrons. The maximum Gasteiger partial charge on any atom is 0.312 e. The van der Waals surface area contributed by atoms with Gasteiger partial charge in [0.1, 0.15) is 6.04 Å². The van der Waals surface area contributed by atoms with E-state index in [1.807, 2.05) is 27.7 Å². The standard InChI is InChI=1S/C9H19N3O2/c1-5(2)7(12-9(10)14)8(13)11-6(3)4/h5-7H,1-4H3,(H,11,13)(H3,10,12,14). The molecule has 0 aromatic carbocycles. The fourth-order valence-corrected chi connectivity index (χ4v) is 1.06. The van der Waals surface area contributed by atoms with Crippen LogP contribution < -0.4 is 16.4 Å². The summed E-state index contributed by atoms with van der Waals surface area (Å²) >= 11 is 0. The number of primary amides is 1. The normalized spacial score (nSPS) is 12.7. The Morgan fingerprint density at radius 2 is 1.57 bits per heavy atom. The molecule has 0 aliphatic heterocycles. The Kier molecular flexibility index (Phi) is 4.97. The molecule has 0 spiro atoms. The minimum atomic E-state index is -0.678.